The molecule has 0 N–H and O–H groups in total. The number of ether oxygens (including phenoxy) is 1. The first kappa shape index (κ1) is 18.2. The molecule has 0 saturated carbocycles. The van der Waals surface area contributed by atoms with Gasteiger partial charge in [0.05, 0.1) is 17.2 Å². The second kappa shape index (κ2) is 6.96. The van der Waals surface area contributed by atoms with Gasteiger partial charge in [-0.25, -0.2) is 9.18 Å². The van der Waals surface area contributed by atoms with E-state index in [0.29, 0.717) is 11.3 Å². The smallest absolute Gasteiger partial charge is 0.340 e. The van der Waals surface area contributed by atoms with Crippen LogP contribution in [0.5, 0.6) is 0 Å². The van der Waals surface area contributed by atoms with E-state index in [1.807, 2.05) is 6.07 Å². The molecule has 2 aromatic heterocycles. The summed E-state index contributed by atoms with van der Waals surface area (Å²) in [5.74, 6) is -0.842. The van der Waals surface area contributed by atoms with Crippen LogP contribution in [0.3, 0.4) is 0 Å². The van der Waals surface area contributed by atoms with Crippen LogP contribution < -0.4 is 0 Å². The number of hydrogen-bond donors (Lipinski definition) is 0. The third-order valence-corrected chi connectivity index (χ3v) is 3.33. The third kappa shape index (κ3) is 4.33. The first-order chi connectivity index (χ1) is 12.7. The number of rotatable bonds is 3. The quantitative estimate of drug-likeness (QED) is 0.650. The molecule has 0 amide bonds. The van der Waals surface area contributed by atoms with Crippen LogP contribution >= 0.6 is 0 Å². The highest BCUT2D eigenvalue weighted by molar-refractivity contribution is 5.89. The summed E-state index contributed by atoms with van der Waals surface area (Å²) < 4.78 is 24.0. The lowest BCUT2D eigenvalue weighted by molar-refractivity contribution is 0.00691. The Hall–Kier alpha value is -3.60. The van der Waals surface area contributed by atoms with E-state index in [1.165, 1.54) is 18.3 Å². The molecule has 7 nitrogen and oxygen atoms in total. The molecule has 136 valence electrons. The molecule has 0 aliphatic rings. The molecule has 27 heavy (non-hydrogen) atoms. The van der Waals surface area contributed by atoms with Crippen molar-refractivity contribution in [1.29, 1.82) is 5.26 Å². The Bertz CT molecular complexity index is 1030. The number of carbonyl (C=O) groups excluding carboxylic acids is 1. The molecule has 3 aromatic rings. The Morgan fingerprint density at radius 3 is 2.67 bits per heavy atom. The fraction of sp³-hybridized carbons (Fsp3) is 0.211. The molecule has 0 saturated heterocycles. The average Bonchev–Trinajstić information content (AvgIpc) is 3.10. The van der Waals surface area contributed by atoms with Gasteiger partial charge in [0.1, 0.15) is 17.1 Å². The topological polar surface area (TPSA) is 102 Å². The van der Waals surface area contributed by atoms with E-state index >= 15 is 0 Å². The normalized spacial score (nSPS) is 11.1. The van der Waals surface area contributed by atoms with Crippen LogP contribution in [0.2, 0.25) is 0 Å². The zero-order chi connectivity index (χ0) is 19.6. The van der Waals surface area contributed by atoms with Gasteiger partial charge in [-0.2, -0.15) is 10.2 Å². The predicted octanol–water partition coefficient (Wildman–Crippen LogP) is 3.76. The van der Waals surface area contributed by atoms with Crippen LogP contribution in [0.4, 0.5) is 4.39 Å². The maximum Gasteiger partial charge on any atom is 0.340 e. The van der Waals surface area contributed by atoms with Crippen LogP contribution in [-0.4, -0.2) is 26.7 Å². The Labute approximate surface area is 154 Å². The number of benzene rings is 1. The van der Waals surface area contributed by atoms with Crippen molar-refractivity contribution in [3.8, 4) is 29.0 Å². The van der Waals surface area contributed by atoms with Crippen molar-refractivity contribution in [2.24, 2.45) is 0 Å². The van der Waals surface area contributed by atoms with Gasteiger partial charge in [0.15, 0.2) is 0 Å². The minimum atomic E-state index is -0.606. The maximum absolute atomic E-state index is 13.6. The van der Waals surface area contributed by atoms with Crippen LogP contribution in [0.25, 0.3) is 23.0 Å². The fourth-order valence-corrected chi connectivity index (χ4v) is 2.21. The van der Waals surface area contributed by atoms with Crippen LogP contribution in [0, 0.1) is 17.1 Å². The van der Waals surface area contributed by atoms with Gasteiger partial charge in [-0.05, 0) is 51.1 Å². The number of halogens is 1. The summed E-state index contributed by atoms with van der Waals surface area (Å²) in [7, 11) is 0. The Kier molecular flexibility index (Phi) is 4.69. The van der Waals surface area contributed by atoms with Crippen molar-refractivity contribution in [2.45, 2.75) is 26.4 Å². The molecular weight excluding hydrogens is 351 g/mol. The Morgan fingerprint density at radius 1 is 1.26 bits per heavy atom. The van der Waals surface area contributed by atoms with Crippen molar-refractivity contribution in [3.05, 3.63) is 53.5 Å². The summed E-state index contributed by atoms with van der Waals surface area (Å²) in [6.45, 7) is 5.33. The number of nitriles is 1. The molecule has 0 aliphatic carbocycles. The van der Waals surface area contributed by atoms with Crippen molar-refractivity contribution in [3.63, 3.8) is 0 Å². The molecule has 0 atom stereocenters. The zero-order valence-electron chi connectivity index (χ0n) is 14.9. The van der Waals surface area contributed by atoms with E-state index < -0.39 is 17.4 Å². The second-order valence-corrected chi connectivity index (χ2v) is 6.70. The third-order valence-electron chi connectivity index (χ3n) is 3.33. The average molecular weight is 366 g/mol. The number of nitrogens with zero attached hydrogens (tertiary/aromatic N) is 4. The van der Waals surface area contributed by atoms with E-state index in [2.05, 4.69) is 15.1 Å². The monoisotopic (exact) mass is 366 g/mol. The number of pyridine rings is 1. The lowest BCUT2D eigenvalue weighted by Crippen LogP contribution is -2.23. The van der Waals surface area contributed by atoms with Gasteiger partial charge in [0.2, 0.25) is 5.82 Å². The molecule has 3 rings (SSSR count). The molecule has 0 aliphatic heterocycles. The van der Waals surface area contributed by atoms with E-state index in [-0.39, 0.29) is 22.8 Å². The van der Waals surface area contributed by atoms with Crippen molar-refractivity contribution in [1.82, 2.24) is 15.1 Å². The van der Waals surface area contributed by atoms with E-state index in [4.69, 9.17) is 14.5 Å². The SMILES string of the molecule is CC(C)(C)OC(=O)c1ccc(-c2noc(-c3cc(F)cc(C#N)c3)n2)nc1. The maximum atomic E-state index is 13.6. The molecule has 0 spiro atoms. The van der Waals surface area contributed by atoms with Gasteiger partial charge in [-0.1, -0.05) is 5.16 Å². The van der Waals surface area contributed by atoms with Crippen molar-refractivity contribution >= 4 is 5.97 Å². The number of carbonyl (C=O) groups is 1. The van der Waals surface area contributed by atoms with Crippen molar-refractivity contribution in [2.75, 3.05) is 0 Å². The molecule has 8 heteroatoms. The molecule has 0 radical (unpaired) electrons. The van der Waals surface area contributed by atoms with Gasteiger partial charge >= 0.3 is 5.97 Å². The summed E-state index contributed by atoms with van der Waals surface area (Å²) in [6, 6.07) is 8.71. The van der Waals surface area contributed by atoms with Gasteiger partial charge in [-0.3, -0.25) is 4.98 Å². The number of hydrogen-bond acceptors (Lipinski definition) is 7. The van der Waals surface area contributed by atoms with Crippen LogP contribution in [-0.2, 0) is 4.74 Å². The van der Waals surface area contributed by atoms with Crippen molar-refractivity contribution < 1.29 is 18.4 Å². The van der Waals surface area contributed by atoms with Gasteiger partial charge < -0.3 is 9.26 Å². The van der Waals surface area contributed by atoms with Gasteiger partial charge in [-0.15, -0.1) is 0 Å². The standard InChI is InChI=1S/C19H15FN4O3/c1-19(2,3)26-18(25)12-4-5-15(22-10-12)16-23-17(27-24-16)13-6-11(9-21)7-14(20)8-13/h4-8,10H,1-3H3. The van der Waals surface area contributed by atoms with Crippen LogP contribution in [0.15, 0.2) is 41.1 Å². The van der Waals surface area contributed by atoms with Crippen LogP contribution in [0.1, 0.15) is 36.7 Å². The second-order valence-electron chi connectivity index (χ2n) is 6.70. The fourth-order valence-electron chi connectivity index (χ4n) is 2.21. The van der Waals surface area contributed by atoms with E-state index in [1.54, 1.807) is 32.9 Å². The highest BCUT2D eigenvalue weighted by Gasteiger charge is 2.19. The summed E-state index contributed by atoms with van der Waals surface area (Å²) in [4.78, 5) is 20.3. The van der Waals surface area contributed by atoms with Gasteiger partial charge in [0, 0.05) is 11.8 Å². The summed E-state index contributed by atoms with van der Waals surface area (Å²) >= 11 is 0. The summed E-state index contributed by atoms with van der Waals surface area (Å²) in [6.07, 6.45) is 1.36. The van der Waals surface area contributed by atoms with E-state index in [9.17, 15) is 9.18 Å². The number of aromatic nitrogens is 3. The summed E-state index contributed by atoms with van der Waals surface area (Å²) in [5.41, 5.74) is 0.488. The lowest BCUT2D eigenvalue weighted by Gasteiger charge is -2.19. The zero-order valence-corrected chi connectivity index (χ0v) is 14.9. The van der Waals surface area contributed by atoms with E-state index in [0.717, 1.165) is 6.07 Å². The first-order valence-corrected chi connectivity index (χ1v) is 8.00. The predicted molar refractivity (Wildman–Crippen MR) is 92.8 cm³/mol. The molecule has 2 heterocycles. The largest absolute Gasteiger partial charge is 0.456 e. The highest BCUT2D eigenvalue weighted by atomic mass is 19.1. The lowest BCUT2D eigenvalue weighted by atomic mass is 10.1. The highest BCUT2D eigenvalue weighted by Crippen LogP contribution is 2.23. The molecule has 0 bridgehead atoms. The number of esters is 1. The summed E-state index contributed by atoms with van der Waals surface area (Å²) in [5, 5.41) is 12.7. The molecule has 0 unspecified atom stereocenters. The Balaban J connectivity index is 1.84. The Morgan fingerprint density at radius 2 is 2.04 bits per heavy atom. The minimum Gasteiger partial charge on any atom is -0.456 e. The molecule has 0 fully saturated rings. The minimum absolute atomic E-state index is 0.0546. The molecular formula is C19H15FN4O3. The first-order valence-electron chi connectivity index (χ1n) is 8.00. The molecule has 1 aromatic carbocycles. The van der Waals surface area contributed by atoms with Gasteiger partial charge in [0.25, 0.3) is 5.89 Å².